The minimum Gasteiger partial charge on any atom is -0.294 e. The summed E-state index contributed by atoms with van der Waals surface area (Å²) in [6, 6.07) is 16.1. The Morgan fingerprint density at radius 3 is 2.53 bits per heavy atom. The van der Waals surface area contributed by atoms with Gasteiger partial charge in [-0.25, -0.2) is 0 Å². The van der Waals surface area contributed by atoms with Crippen LogP contribution in [0.1, 0.15) is 17.3 Å². The van der Waals surface area contributed by atoms with E-state index in [1.165, 1.54) is 5.56 Å². The molecule has 2 heteroatoms. The lowest BCUT2D eigenvalue weighted by Crippen LogP contribution is -2.23. The van der Waals surface area contributed by atoms with Crippen LogP contribution in [0.25, 0.3) is 0 Å². The largest absolute Gasteiger partial charge is 0.294 e. The molecule has 1 atom stereocenters. The van der Waals surface area contributed by atoms with Crippen molar-refractivity contribution in [3.63, 3.8) is 0 Å². The van der Waals surface area contributed by atoms with Crippen molar-refractivity contribution in [2.75, 3.05) is 6.54 Å². The summed E-state index contributed by atoms with van der Waals surface area (Å²) in [7, 11) is 0. The number of nitrogens with zero attached hydrogens (tertiary/aromatic N) is 1. The summed E-state index contributed by atoms with van der Waals surface area (Å²) in [5.74, 6) is 2.60. The molecule has 0 aliphatic rings. The summed E-state index contributed by atoms with van der Waals surface area (Å²) in [4.78, 5) is 4.38. The summed E-state index contributed by atoms with van der Waals surface area (Å²) in [6.07, 6.45) is 7.09. The molecule has 84 valence electrons. The van der Waals surface area contributed by atoms with Crippen LogP contribution in [0.3, 0.4) is 0 Å². The number of pyridine rings is 1. The van der Waals surface area contributed by atoms with Crippen molar-refractivity contribution in [1.82, 2.24) is 10.3 Å². The van der Waals surface area contributed by atoms with E-state index in [9.17, 15) is 0 Å². The third kappa shape index (κ3) is 2.93. The molecule has 0 bridgehead atoms. The molecule has 1 unspecified atom stereocenters. The van der Waals surface area contributed by atoms with Gasteiger partial charge in [0, 0.05) is 6.20 Å². The zero-order valence-electron chi connectivity index (χ0n) is 9.51. The van der Waals surface area contributed by atoms with Gasteiger partial charge >= 0.3 is 0 Å². The van der Waals surface area contributed by atoms with Crippen LogP contribution < -0.4 is 5.32 Å². The minimum absolute atomic E-state index is 0.0495. The Balaban J connectivity index is 2.30. The highest BCUT2D eigenvalue weighted by atomic mass is 14.9. The molecule has 0 aliphatic heterocycles. The molecule has 1 heterocycles. The lowest BCUT2D eigenvalue weighted by Gasteiger charge is -2.17. The fraction of sp³-hybridized carbons (Fsp3) is 0.133. The van der Waals surface area contributed by atoms with Crippen molar-refractivity contribution in [1.29, 1.82) is 0 Å². The van der Waals surface area contributed by atoms with Crippen LogP contribution in [0.2, 0.25) is 0 Å². The molecule has 1 N–H and O–H groups in total. The summed E-state index contributed by atoms with van der Waals surface area (Å²) in [6.45, 7) is 0.524. The monoisotopic (exact) mass is 222 g/mol. The van der Waals surface area contributed by atoms with Gasteiger partial charge in [-0.05, 0) is 17.7 Å². The summed E-state index contributed by atoms with van der Waals surface area (Å²) in [5, 5.41) is 3.30. The van der Waals surface area contributed by atoms with Crippen LogP contribution in [0.4, 0.5) is 0 Å². The van der Waals surface area contributed by atoms with Crippen molar-refractivity contribution < 1.29 is 0 Å². The Kier molecular flexibility index (Phi) is 3.90. The molecule has 0 amide bonds. The molecule has 0 fully saturated rings. The molecule has 1 aromatic heterocycles. The lowest BCUT2D eigenvalue weighted by atomic mass is 10.0. The quantitative estimate of drug-likeness (QED) is 0.803. The van der Waals surface area contributed by atoms with Gasteiger partial charge in [0.25, 0.3) is 0 Å². The first-order valence-corrected chi connectivity index (χ1v) is 5.54. The SMILES string of the molecule is C#CCNC(c1ccccc1)c1ccccn1. The molecule has 0 saturated carbocycles. The smallest absolute Gasteiger partial charge is 0.0758 e. The lowest BCUT2D eigenvalue weighted by molar-refractivity contribution is 0.642. The minimum atomic E-state index is 0.0495. The predicted octanol–water partition coefficient (Wildman–Crippen LogP) is 2.39. The zero-order valence-corrected chi connectivity index (χ0v) is 9.51. The number of benzene rings is 1. The van der Waals surface area contributed by atoms with Crippen molar-refractivity contribution in [2.24, 2.45) is 0 Å². The average molecular weight is 222 g/mol. The zero-order chi connectivity index (χ0) is 11.9. The van der Waals surface area contributed by atoms with Gasteiger partial charge in [-0.3, -0.25) is 10.3 Å². The number of rotatable bonds is 4. The van der Waals surface area contributed by atoms with E-state index < -0.39 is 0 Å². The Bertz CT molecular complexity index is 446. The fourth-order valence-corrected chi connectivity index (χ4v) is 1.75. The van der Waals surface area contributed by atoms with E-state index >= 15 is 0 Å². The molecule has 2 rings (SSSR count). The van der Waals surface area contributed by atoms with Crippen LogP contribution in [0, 0.1) is 12.3 Å². The third-order valence-electron chi connectivity index (χ3n) is 2.52. The standard InChI is InChI=1S/C15H14N2/c1-2-11-17-15(13-8-4-3-5-9-13)14-10-6-7-12-16-14/h1,3-10,12,15,17H,11H2. The molecule has 17 heavy (non-hydrogen) atoms. The maximum atomic E-state index is 5.30. The second-order valence-corrected chi connectivity index (χ2v) is 3.68. The first-order chi connectivity index (χ1) is 8.42. The van der Waals surface area contributed by atoms with Crippen LogP contribution in [-0.2, 0) is 0 Å². The van der Waals surface area contributed by atoms with Gasteiger partial charge in [-0.2, -0.15) is 0 Å². The maximum Gasteiger partial charge on any atom is 0.0758 e. The van der Waals surface area contributed by atoms with E-state index in [1.54, 1.807) is 6.20 Å². The van der Waals surface area contributed by atoms with Crippen LogP contribution in [0.5, 0.6) is 0 Å². The maximum absolute atomic E-state index is 5.30. The van der Waals surface area contributed by atoms with Gasteiger partial charge in [-0.15, -0.1) is 6.42 Å². The Labute approximate surface area is 102 Å². The topological polar surface area (TPSA) is 24.9 Å². The number of nitrogens with one attached hydrogen (secondary N) is 1. The number of terminal acetylenes is 1. The van der Waals surface area contributed by atoms with Gasteiger partial charge in [-0.1, -0.05) is 42.3 Å². The molecule has 2 nitrogen and oxygen atoms in total. The van der Waals surface area contributed by atoms with Gasteiger partial charge in [0.05, 0.1) is 18.3 Å². The number of hydrogen-bond donors (Lipinski definition) is 1. The van der Waals surface area contributed by atoms with Gasteiger partial charge in [0.1, 0.15) is 0 Å². The van der Waals surface area contributed by atoms with Crippen LogP contribution in [-0.4, -0.2) is 11.5 Å². The van der Waals surface area contributed by atoms with E-state index in [4.69, 9.17) is 6.42 Å². The average Bonchev–Trinajstić information content (AvgIpc) is 2.42. The number of hydrogen-bond acceptors (Lipinski definition) is 2. The van der Waals surface area contributed by atoms with Crippen molar-refractivity contribution in [3.05, 3.63) is 66.0 Å². The van der Waals surface area contributed by atoms with E-state index in [2.05, 4.69) is 28.4 Å². The Morgan fingerprint density at radius 1 is 1.12 bits per heavy atom. The van der Waals surface area contributed by atoms with Crippen molar-refractivity contribution in [2.45, 2.75) is 6.04 Å². The van der Waals surface area contributed by atoms with Gasteiger partial charge < -0.3 is 0 Å². The first kappa shape index (κ1) is 11.4. The first-order valence-electron chi connectivity index (χ1n) is 5.54. The highest BCUT2D eigenvalue weighted by Gasteiger charge is 2.13. The summed E-state index contributed by atoms with van der Waals surface area (Å²) >= 11 is 0. The predicted molar refractivity (Wildman–Crippen MR) is 69.4 cm³/mol. The second kappa shape index (κ2) is 5.83. The van der Waals surface area contributed by atoms with Crippen molar-refractivity contribution in [3.8, 4) is 12.3 Å². The molecular weight excluding hydrogens is 208 g/mol. The molecule has 0 radical (unpaired) electrons. The number of aromatic nitrogens is 1. The normalized spacial score (nSPS) is 11.7. The molecule has 0 saturated heterocycles. The van der Waals surface area contributed by atoms with Crippen molar-refractivity contribution >= 4 is 0 Å². The van der Waals surface area contributed by atoms with E-state index in [-0.39, 0.29) is 6.04 Å². The second-order valence-electron chi connectivity index (χ2n) is 3.68. The third-order valence-corrected chi connectivity index (χ3v) is 2.52. The molecule has 0 aliphatic carbocycles. The molecular formula is C15H14N2. The van der Waals surface area contributed by atoms with Crippen LogP contribution >= 0.6 is 0 Å². The van der Waals surface area contributed by atoms with E-state index in [1.807, 2.05) is 36.4 Å². The molecule has 1 aromatic carbocycles. The van der Waals surface area contributed by atoms with Gasteiger partial charge in [0.15, 0.2) is 0 Å². The molecule has 2 aromatic rings. The van der Waals surface area contributed by atoms with Crippen LogP contribution in [0.15, 0.2) is 54.7 Å². The van der Waals surface area contributed by atoms with E-state index in [0.29, 0.717) is 6.54 Å². The Hall–Kier alpha value is -2.11. The highest BCUT2D eigenvalue weighted by Crippen LogP contribution is 2.19. The highest BCUT2D eigenvalue weighted by molar-refractivity contribution is 5.27. The summed E-state index contributed by atoms with van der Waals surface area (Å²) < 4.78 is 0. The Morgan fingerprint density at radius 2 is 1.88 bits per heavy atom. The molecule has 0 spiro atoms. The fourth-order valence-electron chi connectivity index (χ4n) is 1.75. The van der Waals surface area contributed by atoms with E-state index in [0.717, 1.165) is 5.69 Å². The summed E-state index contributed by atoms with van der Waals surface area (Å²) in [5.41, 5.74) is 2.15. The van der Waals surface area contributed by atoms with Gasteiger partial charge in [0.2, 0.25) is 0 Å².